The summed E-state index contributed by atoms with van der Waals surface area (Å²) in [5, 5.41) is 3.30. The van der Waals surface area contributed by atoms with E-state index in [0.29, 0.717) is 17.3 Å². The van der Waals surface area contributed by atoms with Gasteiger partial charge in [0.2, 0.25) is 0 Å². The van der Waals surface area contributed by atoms with Crippen LogP contribution < -0.4 is 5.32 Å². The highest BCUT2D eigenvalue weighted by Crippen LogP contribution is 2.30. The van der Waals surface area contributed by atoms with Crippen LogP contribution in [0.15, 0.2) is 36.4 Å². The predicted octanol–water partition coefficient (Wildman–Crippen LogP) is 5.16. The normalized spacial score (nSPS) is 11.1. The fourth-order valence-corrected chi connectivity index (χ4v) is 2.64. The second-order valence-electron chi connectivity index (χ2n) is 6.32. The van der Waals surface area contributed by atoms with E-state index in [2.05, 4.69) is 5.32 Å². The molecule has 0 aliphatic carbocycles. The van der Waals surface area contributed by atoms with Crippen LogP contribution in [0.4, 0.5) is 23.2 Å². The van der Waals surface area contributed by atoms with Gasteiger partial charge >= 0.3 is 12.1 Å². The Labute approximate surface area is 171 Å². The van der Waals surface area contributed by atoms with Crippen LogP contribution in [-0.2, 0) is 17.5 Å². The summed E-state index contributed by atoms with van der Waals surface area (Å²) in [7, 11) is 1.78. The molecule has 2 aromatic rings. The summed E-state index contributed by atoms with van der Waals surface area (Å²) in [4.78, 5) is 14.0. The van der Waals surface area contributed by atoms with Gasteiger partial charge in [0.25, 0.3) is 0 Å². The van der Waals surface area contributed by atoms with Crippen molar-refractivity contribution < 1.29 is 27.1 Å². The minimum Gasteiger partial charge on any atom is -0.457 e. The zero-order valence-corrected chi connectivity index (χ0v) is 16.9. The molecule has 0 aliphatic rings. The zero-order chi connectivity index (χ0) is 21.8. The van der Waals surface area contributed by atoms with E-state index in [0.717, 1.165) is 12.1 Å². The van der Waals surface area contributed by atoms with Crippen LogP contribution in [0.1, 0.15) is 34.0 Å². The van der Waals surface area contributed by atoms with Crippen LogP contribution in [0.25, 0.3) is 0 Å². The van der Waals surface area contributed by atoms with Gasteiger partial charge in [0.1, 0.15) is 12.4 Å². The van der Waals surface area contributed by atoms with Gasteiger partial charge in [-0.05, 0) is 55.9 Å². The quantitative estimate of drug-likeness (QED) is 0.405. The largest absolute Gasteiger partial charge is 0.457 e. The van der Waals surface area contributed by atoms with Crippen LogP contribution >= 0.6 is 12.2 Å². The molecule has 0 heterocycles. The van der Waals surface area contributed by atoms with Crippen LogP contribution in [-0.4, -0.2) is 29.6 Å². The lowest BCUT2D eigenvalue weighted by atomic mass is 10.1. The Kier molecular flexibility index (Phi) is 7.18. The third-order valence-corrected chi connectivity index (χ3v) is 4.71. The monoisotopic (exact) mass is 428 g/mol. The Morgan fingerprint density at radius 3 is 2.55 bits per heavy atom. The van der Waals surface area contributed by atoms with Crippen molar-refractivity contribution in [1.29, 1.82) is 0 Å². The number of esters is 1. The molecular weight excluding hydrogens is 408 g/mol. The second kappa shape index (κ2) is 9.21. The average molecular weight is 428 g/mol. The molecular formula is C20H20F4N2O2S. The van der Waals surface area contributed by atoms with Gasteiger partial charge < -0.3 is 15.0 Å². The summed E-state index contributed by atoms with van der Waals surface area (Å²) >= 11 is 5.20. The van der Waals surface area contributed by atoms with Crippen molar-refractivity contribution in [1.82, 2.24) is 4.90 Å². The van der Waals surface area contributed by atoms with Gasteiger partial charge in [-0.25, -0.2) is 9.18 Å². The van der Waals surface area contributed by atoms with Crippen molar-refractivity contribution >= 4 is 29.0 Å². The minimum atomic E-state index is -4.50. The minimum absolute atomic E-state index is 0.150. The Morgan fingerprint density at radius 2 is 1.93 bits per heavy atom. The summed E-state index contributed by atoms with van der Waals surface area (Å²) in [6.45, 7) is 3.64. The maximum Gasteiger partial charge on any atom is 0.416 e. The van der Waals surface area contributed by atoms with E-state index in [1.165, 1.54) is 31.2 Å². The number of thiocarbonyl (C=S) groups is 1. The summed E-state index contributed by atoms with van der Waals surface area (Å²) in [5.41, 5.74) is -0.435. The molecule has 0 saturated carbocycles. The lowest BCUT2D eigenvalue weighted by Crippen LogP contribution is -2.31. The number of ether oxygens (including phenoxy) is 1. The van der Waals surface area contributed by atoms with E-state index >= 15 is 0 Å². The molecule has 0 aliphatic heterocycles. The first-order chi connectivity index (χ1) is 13.5. The Bertz CT molecular complexity index is 916. The fourth-order valence-electron chi connectivity index (χ4n) is 2.40. The molecule has 2 aromatic carbocycles. The number of anilines is 1. The molecule has 0 amide bonds. The highest BCUT2D eigenvalue weighted by molar-refractivity contribution is 7.80. The number of nitrogens with zero attached hydrogens (tertiary/aromatic N) is 1. The molecule has 1 N–H and O–H groups in total. The molecule has 0 atom stereocenters. The molecule has 29 heavy (non-hydrogen) atoms. The number of alkyl halides is 3. The highest BCUT2D eigenvalue weighted by atomic mass is 32.1. The number of nitrogens with one attached hydrogen (secondary N) is 1. The van der Waals surface area contributed by atoms with E-state index in [1.807, 2.05) is 6.92 Å². The van der Waals surface area contributed by atoms with Crippen molar-refractivity contribution in [3.05, 3.63) is 64.5 Å². The SMILES string of the molecule is CCN(C)C(=S)Nc1ccc(C(=O)OCc2cccc(C(F)(F)F)c2)c(F)c1C. The summed E-state index contributed by atoms with van der Waals surface area (Å²) in [6.07, 6.45) is -4.50. The van der Waals surface area contributed by atoms with E-state index in [-0.39, 0.29) is 16.7 Å². The Balaban J connectivity index is 2.12. The Morgan fingerprint density at radius 1 is 1.24 bits per heavy atom. The van der Waals surface area contributed by atoms with Crippen molar-refractivity contribution in [2.75, 3.05) is 18.9 Å². The number of hydrogen-bond donors (Lipinski definition) is 1. The molecule has 0 saturated heterocycles. The van der Waals surface area contributed by atoms with Crippen molar-refractivity contribution in [2.24, 2.45) is 0 Å². The average Bonchev–Trinajstić information content (AvgIpc) is 2.68. The van der Waals surface area contributed by atoms with E-state index in [1.54, 1.807) is 11.9 Å². The molecule has 9 heteroatoms. The lowest BCUT2D eigenvalue weighted by Gasteiger charge is -2.20. The molecule has 0 spiro atoms. The second-order valence-corrected chi connectivity index (χ2v) is 6.70. The van der Waals surface area contributed by atoms with Crippen LogP contribution in [0.3, 0.4) is 0 Å². The van der Waals surface area contributed by atoms with Gasteiger partial charge in [-0.3, -0.25) is 0 Å². The first kappa shape index (κ1) is 22.6. The van der Waals surface area contributed by atoms with Gasteiger partial charge in [-0.15, -0.1) is 0 Å². The molecule has 0 radical (unpaired) electrons. The first-order valence-corrected chi connectivity index (χ1v) is 9.09. The van der Waals surface area contributed by atoms with Gasteiger partial charge in [-0.2, -0.15) is 13.2 Å². The molecule has 156 valence electrons. The third kappa shape index (κ3) is 5.66. The zero-order valence-electron chi connectivity index (χ0n) is 16.1. The summed E-state index contributed by atoms with van der Waals surface area (Å²) < 4.78 is 57.9. The predicted molar refractivity (Wildman–Crippen MR) is 106 cm³/mol. The van der Waals surface area contributed by atoms with Gasteiger partial charge in [0.15, 0.2) is 5.11 Å². The number of halogens is 4. The molecule has 0 bridgehead atoms. The van der Waals surface area contributed by atoms with Crippen LogP contribution in [0, 0.1) is 12.7 Å². The number of carbonyl (C=O) groups is 1. The van der Waals surface area contributed by atoms with E-state index in [9.17, 15) is 22.4 Å². The Hall–Kier alpha value is -2.68. The fraction of sp³-hybridized carbons (Fsp3) is 0.300. The number of carbonyl (C=O) groups excluding carboxylic acids is 1. The maximum atomic E-state index is 14.6. The van der Waals surface area contributed by atoms with Crippen molar-refractivity contribution in [3.8, 4) is 0 Å². The highest BCUT2D eigenvalue weighted by Gasteiger charge is 2.30. The number of hydrogen-bond acceptors (Lipinski definition) is 3. The molecule has 2 rings (SSSR count). The van der Waals surface area contributed by atoms with E-state index < -0.39 is 30.1 Å². The lowest BCUT2D eigenvalue weighted by molar-refractivity contribution is -0.137. The number of benzene rings is 2. The van der Waals surface area contributed by atoms with Crippen LogP contribution in [0.2, 0.25) is 0 Å². The third-order valence-electron chi connectivity index (χ3n) is 4.29. The summed E-state index contributed by atoms with van der Waals surface area (Å²) in [6, 6.07) is 7.14. The number of rotatable bonds is 5. The van der Waals surface area contributed by atoms with E-state index in [4.69, 9.17) is 17.0 Å². The first-order valence-electron chi connectivity index (χ1n) is 8.69. The molecule has 0 aromatic heterocycles. The molecule has 0 fully saturated rings. The van der Waals surface area contributed by atoms with Gasteiger partial charge in [-0.1, -0.05) is 12.1 Å². The maximum absolute atomic E-state index is 14.6. The molecule has 0 unspecified atom stereocenters. The van der Waals surface area contributed by atoms with Crippen molar-refractivity contribution in [2.45, 2.75) is 26.6 Å². The van der Waals surface area contributed by atoms with Gasteiger partial charge in [0, 0.05) is 24.8 Å². The molecule has 4 nitrogen and oxygen atoms in total. The summed E-state index contributed by atoms with van der Waals surface area (Å²) in [5.74, 6) is -1.76. The van der Waals surface area contributed by atoms with Crippen LogP contribution in [0.5, 0.6) is 0 Å². The van der Waals surface area contributed by atoms with Crippen molar-refractivity contribution in [3.63, 3.8) is 0 Å². The smallest absolute Gasteiger partial charge is 0.416 e. The van der Waals surface area contributed by atoms with Gasteiger partial charge in [0.05, 0.1) is 11.1 Å². The standard InChI is InChI=1S/C20H20F4N2O2S/c1-4-26(3)19(29)25-16-9-8-15(17(21)12(16)2)18(27)28-11-13-6-5-7-14(10-13)20(22,23)24/h5-10H,4,11H2,1-3H3,(H,25,29). The topological polar surface area (TPSA) is 41.6 Å².